The monoisotopic (exact) mass is 441 g/mol. The van der Waals surface area contributed by atoms with Crippen LogP contribution in [0, 0.1) is 0 Å². The fraction of sp³-hybridized carbons (Fsp3) is 0.625. The Bertz CT molecular complexity index is 859. The number of rotatable bonds is 7. The smallest absolute Gasteiger partial charge is 0.325 e. The topological polar surface area (TPSA) is 85.0 Å². The van der Waals surface area contributed by atoms with Gasteiger partial charge in [-0.2, -0.15) is 0 Å². The standard InChI is InChI=1S/C24H35N5O3/c1-3-27-12-14-28(15-13-27)17-20-9-5-4-8-19(20)16-25-21(30)18(2)29-22(31)24(26-23(29)32)10-6-7-11-24/h4-5,8-9,18H,3,6-7,10-17H2,1-2H3,(H,25,30)(H,26,32). The fourth-order valence-corrected chi connectivity index (χ4v) is 5.15. The Hall–Kier alpha value is -2.45. The summed E-state index contributed by atoms with van der Waals surface area (Å²) < 4.78 is 0. The zero-order valence-corrected chi connectivity index (χ0v) is 19.2. The molecule has 2 aliphatic heterocycles. The molecule has 2 saturated heterocycles. The molecule has 0 bridgehead atoms. The summed E-state index contributed by atoms with van der Waals surface area (Å²) in [5.41, 5.74) is 1.47. The van der Waals surface area contributed by atoms with Crippen LogP contribution in [0.3, 0.4) is 0 Å². The first kappa shape index (κ1) is 22.7. The number of likely N-dealkylation sites (N-methyl/N-ethyl adjacent to an activating group) is 1. The molecule has 4 amide bonds. The molecular formula is C24H35N5O3. The van der Waals surface area contributed by atoms with E-state index < -0.39 is 17.6 Å². The molecule has 3 aliphatic rings. The lowest BCUT2D eigenvalue weighted by atomic mass is 9.97. The van der Waals surface area contributed by atoms with E-state index in [1.54, 1.807) is 6.92 Å². The van der Waals surface area contributed by atoms with Crippen molar-refractivity contribution >= 4 is 17.8 Å². The van der Waals surface area contributed by atoms with Gasteiger partial charge in [-0.25, -0.2) is 9.69 Å². The number of imide groups is 1. The molecule has 1 aromatic rings. The number of nitrogens with one attached hydrogen (secondary N) is 2. The van der Waals surface area contributed by atoms with Gasteiger partial charge in [0.05, 0.1) is 0 Å². The van der Waals surface area contributed by atoms with Crippen LogP contribution < -0.4 is 10.6 Å². The average Bonchev–Trinajstić information content (AvgIpc) is 3.37. The van der Waals surface area contributed by atoms with Gasteiger partial charge < -0.3 is 15.5 Å². The highest BCUT2D eigenvalue weighted by Gasteiger charge is 2.54. The largest absolute Gasteiger partial charge is 0.350 e. The maximum atomic E-state index is 12.9. The van der Waals surface area contributed by atoms with Gasteiger partial charge in [0.1, 0.15) is 11.6 Å². The molecule has 1 aromatic carbocycles. The van der Waals surface area contributed by atoms with E-state index in [2.05, 4.69) is 33.4 Å². The molecule has 4 rings (SSSR count). The first-order valence-electron chi connectivity index (χ1n) is 11.9. The molecule has 1 aliphatic carbocycles. The summed E-state index contributed by atoms with van der Waals surface area (Å²) in [6.45, 7) is 10.4. The summed E-state index contributed by atoms with van der Waals surface area (Å²) in [6.07, 6.45) is 3.15. The molecule has 0 aromatic heterocycles. The number of piperazine rings is 1. The van der Waals surface area contributed by atoms with Crippen LogP contribution in [0.25, 0.3) is 0 Å². The Balaban J connectivity index is 1.35. The molecule has 8 heteroatoms. The van der Waals surface area contributed by atoms with E-state index in [0.717, 1.165) is 62.6 Å². The molecule has 2 heterocycles. The number of nitrogens with zero attached hydrogens (tertiary/aromatic N) is 3. The number of carbonyl (C=O) groups excluding carboxylic acids is 3. The van der Waals surface area contributed by atoms with Crippen molar-refractivity contribution in [1.82, 2.24) is 25.3 Å². The van der Waals surface area contributed by atoms with E-state index in [0.29, 0.717) is 19.4 Å². The normalized spacial score (nSPS) is 22.4. The summed E-state index contributed by atoms with van der Waals surface area (Å²) in [5.74, 6) is -0.566. The lowest BCUT2D eigenvalue weighted by Gasteiger charge is -2.34. The predicted octanol–water partition coefficient (Wildman–Crippen LogP) is 1.69. The number of hydrogen-bond donors (Lipinski definition) is 2. The first-order valence-corrected chi connectivity index (χ1v) is 11.9. The zero-order chi connectivity index (χ0) is 22.7. The summed E-state index contributed by atoms with van der Waals surface area (Å²) in [5, 5.41) is 5.80. The highest BCUT2D eigenvalue weighted by atomic mass is 16.2. The lowest BCUT2D eigenvalue weighted by molar-refractivity contribution is -0.137. The Morgan fingerprint density at radius 1 is 1.06 bits per heavy atom. The molecule has 1 atom stereocenters. The number of urea groups is 1. The van der Waals surface area contributed by atoms with Crippen molar-refractivity contribution in [3.63, 3.8) is 0 Å². The Morgan fingerprint density at radius 3 is 2.34 bits per heavy atom. The minimum absolute atomic E-state index is 0.255. The van der Waals surface area contributed by atoms with Crippen molar-refractivity contribution < 1.29 is 14.4 Å². The van der Waals surface area contributed by atoms with Crippen molar-refractivity contribution in [3.05, 3.63) is 35.4 Å². The van der Waals surface area contributed by atoms with Gasteiger partial charge in [0.25, 0.3) is 5.91 Å². The second-order valence-corrected chi connectivity index (χ2v) is 9.27. The van der Waals surface area contributed by atoms with Gasteiger partial charge in [0.15, 0.2) is 0 Å². The number of carbonyl (C=O) groups is 3. The van der Waals surface area contributed by atoms with E-state index in [1.165, 1.54) is 5.56 Å². The van der Waals surface area contributed by atoms with Crippen LogP contribution in [-0.4, -0.2) is 76.8 Å². The molecule has 174 valence electrons. The van der Waals surface area contributed by atoms with Crippen molar-refractivity contribution in [2.45, 2.75) is 64.2 Å². The minimum atomic E-state index is -0.836. The maximum Gasteiger partial charge on any atom is 0.325 e. The van der Waals surface area contributed by atoms with Crippen LogP contribution in [-0.2, 0) is 22.7 Å². The molecule has 1 saturated carbocycles. The fourth-order valence-electron chi connectivity index (χ4n) is 5.15. The van der Waals surface area contributed by atoms with Crippen LogP contribution in [0.1, 0.15) is 50.7 Å². The van der Waals surface area contributed by atoms with E-state index in [1.807, 2.05) is 18.2 Å². The number of hydrogen-bond acceptors (Lipinski definition) is 5. The van der Waals surface area contributed by atoms with Crippen molar-refractivity contribution in [3.8, 4) is 0 Å². The van der Waals surface area contributed by atoms with Gasteiger partial charge in [-0.3, -0.25) is 14.5 Å². The van der Waals surface area contributed by atoms with Crippen LogP contribution in [0.4, 0.5) is 4.79 Å². The zero-order valence-electron chi connectivity index (χ0n) is 19.2. The molecule has 8 nitrogen and oxygen atoms in total. The molecule has 2 N–H and O–H groups in total. The highest BCUT2D eigenvalue weighted by Crippen LogP contribution is 2.35. The predicted molar refractivity (Wildman–Crippen MR) is 122 cm³/mol. The molecule has 32 heavy (non-hydrogen) atoms. The maximum absolute atomic E-state index is 12.9. The van der Waals surface area contributed by atoms with Gasteiger partial charge in [0.2, 0.25) is 5.91 Å². The molecule has 1 spiro atoms. The van der Waals surface area contributed by atoms with Gasteiger partial charge in [-0.1, -0.05) is 44.0 Å². The van der Waals surface area contributed by atoms with Crippen molar-refractivity contribution in [2.24, 2.45) is 0 Å². The van der Waals surface area contributed by atoms with Gasteiger partial charge >= 0.3 is 6.03 Å². The Morgan fingerprint density at radius 2 is 1.69 bits per heavy atom. The lowest BCUT2D eigenvalue weighted by Crippen LogP contribution is -2.49. The second kappa shape index (κ2) is 9.58. The summed E-state index contributed by atoms with van der Waals surface area (Å²) in [4.78, 5) is 44.3. The Labute approximate surface area is 190 Å². The quantitative estimate of drug-likeness (QED) is 0.629. The van der Waals surface area contributed by atoms with Crippen LogP contribution in [0.2, 0.25) is 0 Å². The van der Waals surface area contributed by atoms with E-state index in [4.69, 9.17) is 0 Å². The average molecular weight is 442 g/mol. The molecule has 1 unspecified atom stereocenters. The number of amides is 4. The number of benzene rings is 1. The summed E-state index contributed by atoms with van der Waals surface area (Å²) in [6, 6.07) is 6.86. The van der Waals surface area contributed by atoms with Crippen LogP contribution >= 0.6 is 0 Å². The Kier molecular flexibility index (Phi) is 6.81. The third-order valence-corrected chi connectivity index (χ3v) is 7.29. The van der Waals surface area contributed by atoms with E-state index in [9.17, 15) is 14.4 Å². The molecule has 3 fully saturated rings. The van der Waals surface area contributed by atoms with Crippen molar-refractivity contribution in [2.75, 3.05) is 32.7 Å². The van der Waals surface area contributed by atoms with Crippen molar-refractivity contribution in [1.29, 1.82) is 0 Å². The second-order valence-electron chi connectivity index (χ2n) is 9.27. The third-order valence-electron chi connectivity index (χ3n) is 7.29. The highest BCUT2D eigenvalue weighted by molar-refractivity contribution is 6.09. The van der Waals surface area contributed by atoms with Gasteiger partial charge in [-0.05, 0) is 37.4 Å². The summed E-state index contributed by atoms with van der Waals surface area (Å²) in [7, 11) is 0. The van der Waals surface area contributed by atoms with Crippen LogP contribution in [0.5, 0.6) is 0 Å². The van der Waals surface area contributed by atoms with Gasteiger partial charge in [-0.15, -0.1) is 0 Å². The molecular weight excluding hydrogens is 406 g/mol. The SMILES string of the molecule is CCN1CCN(Cc2ccccc2CNC(=O)C(C)N2C(=O)NC3(CCCC3)C2=O)CC1. The van der Waals surface area contributed by atoms with Gasteiger partial charge in [0, 0.05) is 39.3 Å². The van der Waals surface area contributed by atoms with E-state index >= 15 is 0 Å². The third kappa shape index (κ3) is 4.52. The van der Waals surface area contributed by atoms with E-state index in [-0.39, 0.29) is 11.8 Å². The first-order chi connectivity index (χ1) is 15.4. The van der Waals surface area contributed by atoms with Crippen LogP contribution in [0.15, 0.2) is 24.3 Å². The molecule has 0 radical (unpaired) electrons. The summed E-state index contributed by atoms with van der Waals surface area (Å²) >= 11 is 0. The minimum Gasteiger partial charge on any atom is -0.350 e.